The fourth-order valence-electron chi connectivity index (χ4n) is 1.93. The van der Waals surface area contributed by atoms with E-state index in [0.717, 1.165) is 0 Å². The molecular weight excluding hydrogens is 245 g/mol. The lowest BCUT2D eigenvalue weighted by atomic mass is 10.0. The first-order chi connectivity index (χ1) is 9.27. The molecule has 0 atom stereocenters. The van der Waals surface area contributed by atoms with Crippen molar-refractivity contribution in [2.75, 3.05) is 5.73 Å². The summed E-state index contributed by atoms with van der Waals surface area (Å²) in [4.78, 5) is 7.87. The number of hydrogen-bond acceptors (Lipinski definition) is 4. The van der Waals surface area contributed by atoms with E-state index >= 15 is 0 Å². The van der Waals surface area contributed by atoms with Crippen molar-refractivity contribution < 1.29 is 4.39 Å². The van der Waals surface area contributed by atoms with E-state index in [-0.39, 0.29) is 11.6 Å². The Labute approximate surface area is 108 Å². The van der Waals surface area contributed by atoms with Crippen LogP contribution in [0.4, 0.5) is 10.2 Å². The van der Waals surface area contributed by atoms with Gasteiger partial charge in [0.2, 0.25) is 0 Å². The molecular formula is C13H10FN5. The Morgan fingerprint density at radius 2 is 1.84 bits per heavy atom. The van der Waals surface area contributed by atoms with Gasteiger partial charge in [-0.3, -0.25) is 5.10 Å². The van der Waals surface area contributed by atoms with E-state index in [1.54, 1.807) is 30.6 Å². The van der Waals surface area contributed by atoms with Gasteiger partial charge in [0.25, 0.3) is 0 Å². The van der Waals surface area contributed by atoms with Crippen LogP contribution < -0.4 is 5.73 Å². The Morgan fingerprint density at radius 3 is 2.58 bits per heavy atom. The molecule has 1 aromatic carbocycles. The van der Waals surface area contributed by atoms with Gasteiger partial charge in [-0.2, -0.15) is 5.10 Å². The standard InChI is InChI=1S/C13H10FN5/c14-10-4-2-1-3-9(10)11-12(18-19-13(11)15)8-5-16-7-17-6-8/h1-7H,(H3,15,18,19). The molecule has 0 amide bonds. The van der Waals surface area contributed by atoms with Crippen molar-refractivity contribution in [3.8, 4) is 22.4 Å². The number of hydrogen-bond donors (Lipinski definition) is 2. The topological polar surface area (TPSA) is 80.5 Å². The average molecular weight is 255 g/mol. The quantitative estimate of drug-likeness (QED) is 0.736. The van der Waals surface area contributed by atoms with Crippen molar-refractivity contribution in [1.82, 2.24) is 20.2 Å². The van der Waals surface area contributed by atoms with Crippen LogP contribution in [0.25, 0.3) is 22.4 Å². The van der Waals surface area contributed by atoms with Gasteiger partial charge in [0.15, 0.2) is 5.82 Å². The molecule has 0 aliphatic rings. The summed E-state index contributed by atoms with van der Waals surface area (Å²) in [5.74, 6) is -0.113. The van der Waals surface area contributed by atoms with Crippen LogP contribution in [0.5, 0.6) is 0 Å². The molecule has 2 heterocycles. The van der Waals surface area contributed by atoms with E-state index in [1.807, 2.05) is 0 Å². The number of H-pyrrole nitrogens is 1. The smallest absolute Gasteiger partial charge is 0.153 e. The molecule has 0 aliphatic heterocycles. The first kappa shape index (κ1) is 11.3. The lowest BCUT2D eigenvalue weighted by Crippen LogP contribution is -1.91. The van der Waals surface area contributed by atoms with Crippen LogP contribution in [0.15, 0.2) is 43.0 Å². The predicted molar refractivity (Wildman–Crippen MR) is 69.4 cm³/mol. The van der Waals surface area contributed by atoms with Crippen molar-refractivity contribution >= 4 is 5.82 Å². The van der Waals surface area contributed by atoms with Crippen molar-refractivity contribution in [3.63, 3.8) is 0 Å². The molecule has 3 N–H and O–H groups in total. The van der Waals surface area contributed by atoms with Crippen LogP contribution in [0.3, 0.4) is 0 Å². The largest absolute Gasteiger partial charge is 0.382 e. The lowest BCUT2D eigenvalue weighted by Gasteiger charge is -2.05. The predicted octanol–water partition coefficient (Wildman–Crippen LogP) is 2.25. The Balaban J connectivity index is 2.23. The van der Waals surface area contributed by atoms with Crippen molar-refractivity contribution in [3.05, 3.63) is 48.8 Å². The van der Waals surface area contributed by atoms with E-state index < -0.39 is 0 Å². The summed E-state index contributed by atoms with van der Waals surface area (Å²) < 4.78 is 13.9. The van der Waals surface area contributed by atoms with Gasteiger partial charge in [-0.1, -0.05) is 18.2 Å². The van der Waals surface area contributed by atoms with Crippen LogP contribution in [-0.4, -0.2) is 20.2 Å². The zero-order valence-electron chi connectivity index (χ0n) is 9.84. The Kier molecular flexibility index (Phi) is 2.68. The van der Waals surface area contributed by atoms with Crippen LogP contribution in [0.2, 0.25) is 0 Å². The molecule has 0 fully saturated rings. The number of halogens is 1. The van der Waals surface area contributed by atoms with Gasteiger partial charge in [-0.05, 0) is 6.07 Å². The normalized spacial score (nSPS) is 10.6. The minimum Gasteiger partial charge on any atom is -0.382 e. The van der Waals surface area contributed by atoms with E-state index in [0.29, 0.717) is 22.4 Å². The number of anilines is 1. The van der Waals surface area contributed by atoms with Gasteiger partial charge in [0.05, 0.1) is 11.3 Å². The number of rotatable bonds is 2. The van der Waals surface area contributed by atoms with Crippen molar-refractivity contribution in [2.45, 2.75) is 0 Å². The molecule has 5 nitrogen and oxygen atoms in total. The van der Waals surface area contributed by atoms with Crippen LogP contribution in [0.1, 0.15) is 0 Å². The molecule has 0 unspecified atom stereocenters. The molecule has 3 aromatic rings. The third-order valence-corrected chi connectivity index (χ3v) is 2.79. The number of aromatic amines is 1. The summed E-state index contributed by atoms with van der Waals surface area (Å²) in [5.41, 5.74) is 8.05. The second-order valence-corrected chi connectivity index (χ2v) is 3.97. The van der Waals surface area contributed by atoms with Gasteiger partial charge in [0.1, 0.15) is 12.1 Å². The highest BCUT2D eigenvalue weighted by atomic mass is 19.1. The van der Waals surface area contributed by atoms with Crippen LogP contribution in [0, 0.1) is 5.82 Å². The number of aromatic nitrogens is 4. The summed E-state index contributed by atoms with van der Waals surface area (Å²) in [6.07, 6.45) is 4.65. The molecule has 94 valence electrons. The number of nitrogen functional groups attached to an aromatic ring is 1. The molecule has 3 rings (SSSR count). The molecule has 19 heavy (non-hydrogen) atoms. The SMILES string of the molecule is Nc1n[nH]c(-c2cncnc2)c1-c1ccccc1F. The minimum absolute atomic E-state index is 0.240. The van der Waals surface area contributed by atoms with Crippen LogP contribution >= 0.6 is 0 Å². The maximum atomic E-state index is 13.9. The fourth-order valence-corrected chi connectivity index (χ4v) is 1.93. The van der Waals surface area contributed by atoms with E-state index in [4.69, 9.17) is 5.73 Å². The minimum atomic E-state index is -0.353. The summed E-state index contributed by atoms with van der Waals surface area (Å²) in [6, 6.07) is 6.41. The third kappa shape index (κ3) is 1.93. The maximum absolute atomic E-state index is 13.9. The highest BCUT2D eigenvalue weighted by Crippen LogP contribution is 2.35. The number of benzene rings is 1. The lowest BCUT2D eigenvalue weighted by molar-refractivity contribution is 0.631. The van der Waals surface area contributed by atoms with Gasteiger partial charge in [-0.15, -0.1) is 0 Å². The first-order valence-corrected chi connectivity index (χ1v) is 5.61. The Bertz CT molecular complexity index is 708. The fraction of sp³-hybridized carbons (Fsp3) is 0. The monoisotopic (exact) mass is 255 g/mol. The van der Waals surface area contributed by atoms with Crippen molar-refractivity contribution in [1.29, 1.82) is 0 Å². The molecule has 6 heteroatoms. The van der Waals surface area contributed by atoms with Gasteiger partial charge < -0.3 is 5.73 Å². The molecule has 2 aromatic heterocycles. The summed E-state index contributed by atoms with van der Waals surface area (Å²) in [5, 5.41) is 6.74. The first-order valence-electron chi connectivity index (χ1n) is 5.61. The molecule has 0 aliphatic carbocycles. The van der Waals surface area contributed by atoms with Gasteiger partial charge in [-0.25, -0.2) is 14.4 Å². The molecule has 0 spiro atoms. The Hall–Kier alpha value is -2.76. The van der Waals surface area contributed by atoms with Gasteiger partial charge in [0, 0.05) is 23.5 Å². The second-order valence-electron chi connectivity index (χ2n) is 3.97. The summed E-state index contributed by atoms with van der Waals surface area (Å²) in [7, 11) is 0. The van der Waals surface area contributed by atoms with E-state index in [1.165, 1.54) is 12.4 Å². The zero-order chi connectivity index (χ0) is 13.2. The number of nitrogens with two attached hydrogens (primary N) is 1. The van der Waals surface area contributed by atoms with Crippen molar-refractivity contribution in [2.24, 2.45) is 0 Å². The number of nitrogens with one attached hydrogen (secondary N) is 1. The number of nitrogens with zero attached hydrogens (tertiary/aromatic N) is 3. The highest BCUT2D eigenvalue weighted by Gasteiger charge is 2.17. The van der Waals surface area contributed by atoms with E-state index in [9.17, 15) is 4.39 Å². The summed E-state index contributed by atoms with van der Waals surface area (Å²) >= 11 is 0. The zero-order valence-corrected chi connectivity index (χ0v) is 9.84. The van der Waals surface area contributed by atoms with Crippen LogP contribution in [-0.2, 0) is 0 Å². The average Bonchev–Trinajstić information content (AvgIpc) is 2.82. The molecule has 0 saturated heterocycles. The summed E-state index contributed by atoms with van der Waals surface area (Å²) in [6.45, 7) is 0. The van der Waals surface area contributed by atoms with Gasteiger partial charge >= 0.3 is 0 Å². The molecule has 0 saturated carbocycles. The Morgan fingerprint density at radius 1 is 1.11 bits per heavy atom. The second kappa shape index (κ2) is 4.49. The van der Waals surface area contributed by atoms with E-state index in [2.05, 4.69) is 20.2 Å². The highest BCUT2D eigenvalue weighted by molar-refractivity contribution is 5.87. The third-order valence-electron chi connectivity index (χ3n) is 2.79. The maximum Gasteiger partial charge on any atom is 0.153 e. The molecule has 0 radical (unpaired) electrons. The molecule has 0 bridgehead atoms.